The molecular formula is C14H12S. The molecule has 0 amide bonds. The molecule has 0 saturated heterocycles. The molecule has 0 aromatic heterocycles. The van der Waals surface area contributed by atoms with Crippen molar-refractivity contribution in [2.75, 3.05) is 0 Å². The Labute approximate surface area is 94.7 Å². The second kappa shape index (κ2) is 4.85. The summed E-state index contributed by atoms with van der Waals surface area (Å²) >= 11 is 1.77. The third-order valence-electron chi connectivity index (χ3n) is 2.07. The lowest BCUT2D eigenvalue weighted by atomic mass is 10.2. The molecule has 2 aromatic carbocycles. The maximum absolute atomic E-state index is 3.77. The van der Waals surface area contributed by atoms with Crippen LogP contribution >= 0.6 is 11.8 Å². The Morgan fingerprint density at radius 1 is 0.867 bits per heavy atom. The number of rotatable bonds is 3. The Morgan fingerprint density at radius 2 is 1.60 bits per heavy atom. The van der Waals surface area contributed by atoms with E-state index in [1.165, 1.54) is 9.79 Å². The third-order valence-corrected chi connectivity index (χ3v) is 3.07. The SMILES string of the molecule is C=Cc1cccc(Sc2ccccc2)c1. The average molecular weight is 212 g/mol. The highest BCUT2D eigenvalue weighted by Crippen LogP contribution is 2.27. The zero-order valence-corrected chi connectivity index (χ0v) is 9.21. The molecule has 2 rings (SSSR count). The zero-order valence-electron chi connectivity index (χ0n) is 8.39. The van der Waals surface area contributed by atoms with Gasteiger partial charge in [0.2, 0.25) is 0 Å². The van der Waals surface area contributed by atoms with Crippen molar-refractivity contribution < 1.29 is 0 Å². The number of hydrogen-bond donors (Lipinski definition) is 0. The monoisotopic (exact) mass is 212 g/mol. The molecule has 0 spiro atoms. The minimum Gasteiger partial charge on any atom is -0.0985 e. The summed E-state index contributed by atoms with van der Waals surface area (Å²) in [5.41, 5.74) is 1.16. The lowest BCUT2D eigenvalue weighted by Gasteiger charge is -2.02. The third kappa shape index (κ3) is 2.74. The minimum absolute atomic E-state index is 1.16. The predicted molar refractivity (Wildman–Crippen MR) is 67.1 cm³/mol. The second-order valence-corrected chi connectivity index (χ2v) is 4.34. The fraction of sp³-hybridized carbons (Fsp3) is 0. The molecule has 0 bridgehead atoms. The summed E-state index contributed by atoms with van der Waals surface area (Å²) in [5, 5.41) is 0. The smallest absolute Gasteiger partial charge is 0.0128 e. The van der Waals surface area contributed by atoms with E-state index >= 15 is 0 Å². The van der Waals surface area contributed by atoms with Crippen LogP contribution in [0.5, 0.6) is 0 Å². The summed E-state index contributed by atoms with van der Waals surface area (Å²) in [6.45, 7) is 3.77. The van der Waals surface area contributed by atoms with Crippen molar-refractivity contribution in [1.29, 1.82) is 0 Å². The molecule has 74 valence electrons. The molecule has 0 aliphatic carbocycles. The Balaban J connectivity index is 2.21. The lowest BCUT2D eigenvalue weighted by molar-refractivity contribution is 1.40. The molecule has 15 heavy (non-hydrogen) atoms. The van der Waals surface area contributed by atoms with Crippen LogP contribution in [0.25, 0.3) is 6.08 Å². The van der Waals surface area contributed by atoms with E-state index in [2.05, 4.69) is 55.1 Å². The van der Waals surface area contributed by atoms with Crippen LogP contribution in [-0.2, 0) is 0 Å². The summed E-state index contributed by atoms with van der Waals surface area (Å²) < 4.78 is 0. The van der Waals surface area contributed by atoms with Crippen molar-refractivity contribution in [3.63, 3.8) is 0 Å². The van der Waals surface area contributed by atoms with Gasteiger partial charge in [-0.15, -0.1) is 0 Å². The Hall–Kier alpha value is -1.47. The summed E-state index contributed by atoms with van der Waals surface area (Å²) in [7, 11) is 0. The highest BCUT2D eigenvalue weighted by atomic mass is 32.2. The van der Waals surface area contributed by atoms with Gasteiger partial charge in [0.05, 0.1) is 0 Å². The largest absolute Gasteiger partial charge is 0.0985 e. The molecule has 0 atom stereocenters. The highest BCUT2D eigenvalue weighted by molar-refractivity contribution is 7.99. The van der Waals surface area contributed by atoms with Gasteiger partial charge < -0.3 is 0 Å². The summed E-state index contributed by atoms with van der Waals surface area (Å²) in [6.07, 6.45) is 1.87. The first-order valence-corrected chi connectivity index (χ1v) is 5.65. The van der Waals surface area contributed by atoms with E-state index < -0.39 is 0 Å². The van der Waals surface area contributed by atoms with Crippen LogP contribution in [0.1, 0.15) is 5.56 Å². The maximum atomic E-state index is 3.77. The van der Waals surface area contributed by atoms with E-state index in [4.69, 9.17) is 0 Å². The zero-order chi connectivity index (χ0) is 10.5. The van der Waals surface area contributed by atoms with Gasteiger partial charge in [-0.3, -0.25) is 0 Å². The average Bonchev–Trinajstić information content (AvgIpc) is 2.31. The van der Waals surface area contributed by atoms with Crippen molar-refractivity contribution in [1.82, 2.24) is 0 Å². The molecular weight excluding hydrogens is 200 g/mol. The van der Waals surface area contributed by atoms with Gasteiger partial charge in [-0.25, -0.2) is 0 Å². The van der Waals surface area contributed by atoms with Crippen LogP contribution in [0, 0.1) is 0 Å². The van der Waals surface area contributed by atoms with Crippen molar-refractivity contribution in [2.45, 2.75) is 9.79 Å². The van der Waals surface area contributed by atoms with Crippen LogP contribution in [0.15, 0.2) is 71.0 Å². The molecule has 0 fully saturated rings. The van der Waals surface area contributed by atoms with Crippen LogP contribution in [0.3, 0.4) is 0 Å². The second-order valence-electron chi connectivity index (χ2n) is 3.19. The Morgan fingerprint density at radius 3 is 2.33 bits per heavy atom. The van der Waals surface area contributed by atoms with Crippen molar-refractivity contribution in [2.24, 2.45) is 0 Å². The first-order chi connectivity index (χ1) is 7.38. The first-order valence-electron chi connectivity index (χ1n) is 4.84. The van der Waals surface area contributed by atoms with E-state index in [0.29, 0.717) is 0 Å². The first kappa shape index (κ1) is 10.1. The normalized spacial score (nSPS) is 9.87. The van der Waals surface area contributed by atoms with Gasteiger partial charge in [0.25, 0.3) is 0 Å². The van der Waals surface area contributed by atoms with Gasteiger partial charge >= 0.3 is 0 Å². The fourth-order valence-electron chi connectivity index (χ4n) is 1.33. The summed E-state index contributed by atoms with van der Waals surface area (Å²) in [5.74, 6) is 0. The minimum atomic E-state index is 1.16. The number of hydrogen-bond acceptors (Lipinski definition) is 1. The summed E-state index contributed by atoms with van der Waals surface area (Å²) in [4.78, 5) is 2.51. The van der Waals surface area contributed by atoms with E-state index in [-0.39, 0.29) is 0 Å². The Kier molecular flexibility index (Phi) is 3.25. The van der Waals surface area contributed by atoms with Gasteiger partial charge in [-0.05, 0) is 29.8 Å². The molecule has 0 heterocycles. The lowest BCUT2D eigenvalue weighted by Crippen LogP contribution is -1.75. The van der Waals surface area contributed by atoms with Gasteiger partial charge in [-0.1, -0.05) is 54.7 Å². The van der Waals surface area contributed by atoms with E-state index in [9.17, 15) is 0 Å². The van der Waals surface area contributed by atoms with Gasteiger partial charge in [-0.2, -0.15) is 0 Å². The molecule has 1 heteroatoms. The number of benzene rings is 2. The van der Waals surface area contributed by atoms with Crippen molar-refractivity contribution >= 4 is 17.8 Å². The Bertz CT molecular complexity index is 446. The van der Waals surface area contributed by atoms with Crippen LogP contribution in [0.4, 0.5) is 0 Å². The molecule has 0 unspecified atom stereocenters. The van der Waals surface area contributed by atoms with Crippen LogP contribution in [0.2, 0.25) is 0 Å². The van der Waals surface area contributed by atoms with E-state index in [0.717, 1.165) is 5.56 Å². The maximum Gasteiger partial charge on any atom is 0.0128 e. The molecule has 0 aliphatic heterocycles. The fourth-order valence-corrected chi connectivity index (χ4v) is 2.24. The quantitative estimate of drug-likeness (QED) is 0.722. The topological polar surface area (TPSA) is 0 Å². The van der Waals surface area contributed by atoms with Gasteiger partial charge in [0.1, 0.15) is 0 Å². The van der Waals surface area contributed by atoms with E-state index in [1.807, 2.05) is 12.1 Å². The molecule has 0 N–H and O–H groups in total. The molecule has 0 radical (unpaired) electrons. The van der Waals surface area contributed by atoms with Gasteiger partial charge in [0.15, 0.2) is 0 Å². The predicted octanol–water partition coefficient (Wildman–Crippen LogP) is 4.48. The molecule has 0 saturated carbocycles. The standard InChI is InChI=1S/C14H12S/c1-2-12-7-6-10-14(11-12)15-13-8-4-3-5-9-13/h2-11H,1H2. The van der Waals surface area contributed by atoms with Crippen molar-refractivity contribution in [3.05, 3.63) is 66.7 Å². The van der Waals surface area contributed by atoms with Gasteiger partial charge in [0, 0.05) is 9.79 Å². The van der Waals surface area contributed by atoms with Crippen molar-refractivity contribution in [3.8, 4) is 0 Å². The molecule has 2 aromatic rings. The molecule has 0 nitrogen and oxygen atoms in total. The summed E-state index contributed by atoms with van der Waals surface area (Å²) in [6, 6.07) is 18.7. The van der Waals surface area contributed by atoms with Crippen LogP contribution in [-0.4, -0.2) is 0 Å². The van der Waals surface area contributed by atoms with Crippen LogP contribution < -0.4 is 0 Å². The van der Waals surface area contributed by atoms with E-state index in [1.54, 1.807) is 11.8 Å². The molecule has 0 aliphatic rings. The highest BCUT2D eigenvalue weighted by Gasteiger charge is 1.96.